The van der Waals surface area contributed by atoms with Gasteiger partial charge in [0.25, 0.3) is 0 Å². The molecule has 2 N–H and O–H groups in total. The first-order valence-electron chi connectivity index (χ1n) is 6.56. The summed E-state index contributed by atoms with van der Waals surface area (Å²) in [6, 6.07) is 7.82. The highest BCUT2D eigenvalue weighted by Gasteiger charge is 2.20. The molecule has 0 saturated carbocycles. The number of halogens is 1. The van der Waals surface area contributed by atoms with E-state index in [0.717, 1.165) is 42.3 Å². The lowest BCUT2D eigenvalue weighted by Crippen LogP contribution is -2.47. The number of nitrogens with two attached hydrogens (primary N) is 1. The largest absolute Gasteiger partial charge is 0.397 e. The Morgan fingerprint density at radius 3 is 2.40 bits per heavy atom. The first-order valence-corrected chi connectivity index (χ1v) is 7.35. The average Bonchev–Trinajstić information content (AvgIpc) is 2.49. The highest BCUT2D eigenvalue weighted by molar-refractivity contribution is 9.10. The van der Waals surface area contributed by atoms with Crippen LogP contribution in [0.2, 0.25) is 0 Å². The Morgan fingerprint density at radius 2 is 1.75 bits per heavy atom. The van der Waals surface area contributed by atoms with Crippen molar-refractivity contribution in [3.63, 3.8) is 0 Å². The number of piperazine rings is 1. The molecule has 3 rings (SSSR count). The summed E-state index contributed by atoms with van der Waals surface area (Å²) < 4.78 is 1.04. The van der Waals surface area contributed by atoms with Crippen molar-refractivity contribution < 1.29 is 0 Å². The average molecular weight is 334 g/mol. The third kappa shape index (κ3) is 2.70. The van der Waals surface area contributed by atoms with Gasteiger partial charge in [0.05, 0.1) is 16.4 Å². The van der Waals surface area contributed by atoms with Crippen LogP contribution in [0.25, 0.3) is 0 Å². The first-order chi connectivity index (χ1) is 9.74. The van der Waals surface area contributed by atoms with E-state index in [0.29, 0.717) is 5.69 Å². The number of hydrogen-bond donors (Lipinski definition) is 1. The minimum absolute atomic E-state index is 0.699. The van der Waals surface area contributed by atoms with E-state index >= 15 is 0 Å². The Balaban J connectivity index is 1.68. The van der Waals surface area contributed by atoms with Crippen molar-refractivity contribution in [2.45, 2.75) is 0 Å². The van der Waals surface area contributed by atoms with Crippen LogP contribution in [0.4, 0.5) is 17.3 Å². The molecule has 0 spiro atoms. The van der Waals surface area contributed by atoms with E-state index in [-0.39, 0.29) is 0 Å². The number of nitrogen functional groups attached to an aromatic ring is 1. The minimum atomic E-state index is 0.699. The van der Waals surface area contributed by atoms with Crippen LogP contribution in [0, 0.1) is 0 Å². The molecule has 0 atom stereocenters. The van der Waals surface area contributed by atoms with E-state index in [1.165, 1.54) is 0 Å². The molecule has 104 valence electrons. The maximum absolute atomic E-state index is 5.67. The molecule has 0 aliphatic carbocycles. The van der Waals surface area contributed by atoms with E-state index in [1.807, 2.05) is 30.5 Å². The standard InChI is InChI=1S/C14H16BrN5/c15-12-2-1-5-17-14(12)20-8-6-19(7-9-20)13-4-3-11(16)10-18-13/h1-5,10H,6-9,16H2. The minimum Gasteiger partial charge on any atom is -0.397 e. The highest BCUT2D eigenvalue weighted by Crippen LogP contribution is 2.24. The molecule has 0 aromatic carbocycles. The maximum Gasteiger partial charge on any atom is 0.142 e. The van der Waals surface area contributed by atoms with Gasteiger partial charge in [-0.3, -0.25) is 0 Å². The third-order valence-corrected chi connectivity index (χ3v) is 4.03. The van der Waals surface area contributed by atoms with Crippen LogP contribution in [-0.2, 0) is 0 Å². The van der Waals surface area contributed by atoms with Crippen LogP contribution >= 0.6 is 15.9 Å². The fraction of sp³-hybridized carbons (Fsp3) is 0.286. The zero-order valence-corrected chi connectivity index (χ0v) is 12.6. The summed E-state index contributed by atoms with van der Waals surface area (Å²) in [7, 11) is 0. The second-order valence-corrected chi connectivity index (χ2v) is 5.59. The number of aromatic nitrogens is 2. The van der Waals surface area contributed by atoms with E-state index in [9.17, 15) is 0 Å². The molecule has 3 heterocycles. The molecule has 1 saturated heterocycles. The number of rotatable bonds is 2. The summed E-state index contributed by atoms with van der Waals surface area (Å²) in [4.78, 5) is 13.4. The second-order valence-electron chi connectivity index (χ2n) is 4.73. The molecule has 0 bridgehead atoms. The molecule has 0 amide bonds. The zero-order valence-electron chi connectivity index (χ0n) is 11.0. The van der Waals surface area contributed by atoms with Crippen LogP contribution in [0.15, 0.2) is 41.1 Å². The van der Waals surface area contributed by atoms with Gasteiger partial charge in [0.2, 0.25) is 0 Å². The van der Waals surface area contributed by atoms with Crippen LogP contribution < -0.4 is 15.5 Å². The fourth-order valence-electron chi connectivity index (χ4n) is 2.34. The molecule has 0 unspecified atom stereocenters. The third-order valence-electron chi connectivity index (χ3n) is 3.41. The van der Waals surface area contributed by atoms with Gasteiger partial charge in [-0.1, -0.05) is 0 Å². The van der Waals surface area contributed by atoms with Gasteiger partial charge in [0.15, 0.2) is 0 Å². The molecule has 5 nitrogen and oxygen atoms in total. The van der Waals surface area contributed by atoms with E-state index in [2.05, 4.69) is 35.7 Å². The van der Waals surface area contributed by atoms with Crippen LogP contribution in [0.1, 0.15) is 0 Å². The van der Waals surface area contributed by atoms with Crippen molar-refractivity contribution in [2.75, 3.05) is 41.7 Å². The number of nitrogens with zero attached hydrogens (tertiary/aromatic N) is 4. The Labute approximate surface area is 126 Å². The van der Waals surface area contributed by atoms with Gasteiger partial charge in [-0.15, -0.1) is 0 Å². The van der Waals surface area contributed by atoms with Crippen molar-refractivity contribution in [1.82, 2.24) is 9.97 Å². The fourth-order valence-corrected chi connectivity index (χ4v) is 2.85. The Bertz CT molecular complexity index is 578. The smallest absolute Gasteiger partial charge is 0.142 e. The second kappa shape index (κ2) is 5.66. The molecular formula is C14H16BrN5. The van der Waals surface area contributed by atoms with Gasteiger partial charge >= 0.3 is 0 Å². The molecule has 1 fully saturated rings. The lowest BCUT2D eigenvalue weighted by molar-refractivity contribution is 0.641. The Kier molecular flexibility index (Phi) is 3.73. The monoisotopic (exact) mass is 333 g/mol. The van der Waals surface area contributed by atoms with Crippen LogP contribution in [0.3, 0.4) is 0 Å². The number of anilines is 3. The van der Waals surface area contributed by atoms with Crippen molar-refractivity contribution in [2.24, 2.45) is 0 Å². The predicted octanol–water partition coefficient (Wildman–Crippen LogP) is 2.15. The summed E-state index contributed by atoms with van der Waals surface area (Å²) in [6.45, 7) is 3.73. The molecule has 0 radical (unpaired) electrons. The molecular weight excluding hydrogens is 318 g/mol. The Hall–Kier alpha value is -1.82. The molecule has 6 heteroatoms. The van der Waals surface area contributed by atoms with Gasteiger partial charge in [-0.2, -0.15) is 0 Å². The normalized spacial score (nSPS) is 15.4. The van der Waals surface area contributed by atoms with E-state index in [1.54, 1.807) is 6.20 Å². The molecule has 1 aliphatic heterocycles. The SMILES string of the molecule is Nc1ccc(N2CCN(c3ncccc3Br)CC2)nc1. The lowest BCUT2D eigenvalue weighted by Gasteiger charge is -2.36. The van der Waals surface area contributed by atoms with Crippen molar-refractivity contribution in [3.05, 3.63) is 41.1 Å². The lowest BCUT2D eigenvalue weighted by atomic mass is 10.3. The molecule has 20 heavy (non-hydrogen) atoms. The maximum atomic E-state index is 5.67. The summed E-state index contributed by atoms with van der Waals surface area (Å²) >= 11 is 3.56. The highest BCUT2D eigenvalue weighted by atomic mass is 79.9. The van der Waals surface area contributed by atoms with Gasteiger partial charge in [-0.25, -0.2) is 9.97 Å². The van der Waals surface area contributed by atoms with E-state index < -0.39 is 0 Å². The number of hydrogen-bond acceptors (Lipinski definition) is 5. The van der Waals surface area contributed by atoms with Gasteiger partial charge < -0.3 is 15.5 Å². The topological polar surface area (TPSA) is 58.3 Å². The Morgan fingerprint density at radius 1 is 1.00 bits per heavy atom. The predicted molar refractivity (Wildman–Crippen MR) is 85.0 cm³/mol. The van der Waals surface area contributed by atoms with E-state index in [4.69, 9.17) is 5.73 Å². The van der Waals surface area contributed by atoms with Gasteiger partial charge in [0.1, 0.15) is 11.6 Å². The van der Waals surface area contributed by atoms with Gasteiger partial charge in [0, 0.05) is 32.4 Å². The van der Waals surface area contributed by atoms with Crippen molar-refractivity contribution in [3.8, 4) is 0 Å². The summed E-state index contributed by atoms with van der Waals surface area (Å²) in [5, 5.41) is 0. The summed E-state index contributed by atoms with van der Waals surface area (Å²) in [6.07, 6.45) is 3.53. The van der Waals surface area contributed by atoms with Gasteiger partial charge in [-0.05, 0) is 40.2 Å². The molecule has 2 aromatic rings. The molecule has 2 aromatic heterocycles. The quantitative estimate of drug-likeness (QED) is 0.912. The van der Waals surface area contributed by atoms with Crippen LogP contribution in [-0.4, -0.2) is 36.1 Å². The summed E-state index contributed by atoms with van der Waals surface area (Å²) in [5.41, 5.74) is 6.37. The van der Waals surface area contributed by atoms with Crippen molar-refractivity contribution >= 4 is 33.3 Å². The zero-order chi connectivity index (χ0) is 13.9. The molecule has 1 aliphatic rings. The summed E-state index contributed by atoms with van der Waals surface area (Å²) in [5.74, 6) is 2.00. The van der Waals surface area contributed by atoms with Crippen LogP contribution in [0.5, 0.6) is 0 Å². The van der Waals surface area contributed by atoms with Crippen molar-refractivity contribution in [1.29, 1.82) is 0 Å². The number of pyridine rings is 2. The first kappa shape index (κ1) is 13.2.